The van der Waals surface area contributed by atoms with Crippen molar-refractivity contribution in [3.05, 3.63) is 76.3 Å². The van der Waals surface area contributed by atoms with Gasteiger partial charge < -0.3 is 0 Å². The van der Waals surface area contributed by atoms with E-state index in [9.17, 15) is 9.59 Å². The summed E-state index contributed by atoms with van der Waals surface area (Å²) in [5, 5.41) is 0. The summed E-state index contributed by atoms with van der Waals surface area (Å²) in [6, 6.07) is 16.3. The highest BCUT2D eigenvalue weighted by atomic mass is 79.9. The maximum atomic E-state index is 12.0. The fraction of sp³-hybridized carbons (Fsp3) is 0.0588. The van der Waals surface area contributed by atoms with Crippen LogP contribution in [0.1, 0.15) is 22.8 Å². The van der Waals surface area contributed by atoms with E-state index in [1.54, 1.807) is 24.3 Å². The van der Waals surface area contributed by atoms with Crippen molar-refractivity contribution in [2.75, 3.05) is 0 Å². The van der Waals surface area contributed by atoms with Crippen LogP contribution in [0.2, 0.25) is 0 Å². The highest BCUT2D eigenvalue weighted by Gasteiger charge is 2.07. The number of hydrazine groups is 1. The number of halogens is 1. The number of carbonyl (C=O) groups is 2. The second-order valence-electron chi connectivity index (χ2n) is 4.62. The summed E-state index contributed by atoms with van der Waals surface area (Å²) in [4.78, 5) is 23.4. The Balaban J connectivity index is 2.15. The molecule has 0 unspecified atom stereocenters. The Bertz CT molecular complexity index is 712. The van der Waals surface area contributed by atoms with Crippen LogP contribution in [0.5, 0.6) is 0 Å². The maximum Gasteiger partial charge on any atom is 0.269 e. The van der Waals surface area contributed by atoms with Crippen LogP contribution in [0.15, 0.2) is 65.1 Å². The minimum absolute atomic E-state index is 0.114. The summed E-state index contributed by atoms with van der Waals surface area (Å²) < 4.78 is 0.885. The molecule has 0 atom stereocenters. The highest BCUT2D eigenvalue weighted by Crippen LogP contribution is 2.17. The van der Waals surface area contributed by atoms with Gasteiger partial charge in [0.25, 0.3) is 5.91 Å². The first-order valence-corrected chi connectivity index (χ1v) is 7.45. The number of hydrogen-bond acceptors (Lipinski definition) is 3. The zero-order valence-corrected chi connectivity index (χ0v) is 13.6. The highest BCUT2D eigenvalue weighted by molar-refractivity contribution is 9.10. The zero-order valence-electron chi connectivity index (χ0n) is 12.0. The van der Waals surface area contributed by atoms with Gasteiger partial charge in [-0.1, -0.05) is 46.3 Å². The first kappa shape index (κ1) is 16.0. The molecule has 5 heteroatoms. The molecule has 112 valence electrons. The number of amides is 1. The Morgan fingerprint density at radius 1 is 0.955 bits per heavy atom. The molecule has 0 aliphatic heterocycles. The molecular weight excluding hydrogens is 344 g/mol. The predicted octanol–water partition coefficient (Wildman–Crippen LogP) is 3.31. The van der Waals surface area contributed by atoms with Crippen molar-refractivity contribution in [1.29, 1.82) is 0 Å². The summed E-state index contributed by atoms with van der Waals surface area (Å²) in [6.07, 6.45) is 1.44. The summed E-state index contributed by atoms with van der Waals surface area (Å²) >= 11 is 3.39. The van der Waals surface area contributed by atoms with Gasteiger partial charge in [0.05, 0.1) is 5.70 Å². The van der Waals surface area contributed by atoms with Crippen molar-refractivity contribution < 1.29 is 9.59 Å². The Morgan fingerprint density at radius 2 is 1.64 bits per heavy atom. The number of hydrogen-bond donors (Lipinski definition) is 2. The number of ketones is 1. The quantitative estimate of drug-likeness (QED) is 0.636. The topological polar surface area (TPSA) is 58.2 Å². The third-order valence-corrected chi connectivity index (χ3v) is 3.32. The fourth-order valence-corrected chi connectivity index (χ4v) is 2.24. The molecule has 2 N–H and O–H groups in total. The van der Waals surface area contributed by atoms with Crippen molar-refractivity contribution in [2.24, 2.45) is 0 Å². The molecule has 0 aliphatic rings. The van der Waals surface area contributed by atoms with E-state index in [0.29, 0.717) is 11.3 Å². The molecule has 0 heterocycles. The minimum Gasteiger partial charge on any atom is -0.298 e. The summed E-state index contributed by atoms with van der Waals surface area (Å²) in [7, 11) is 0. The average Bonchev–Trinajstić information content (AvgIpc) is 2.51. The molecule has 0 aliphatic carbocycles. The minimum atomic E-state index is -0.273. The number of carbonyl (C=O) groups excluding carboxylic acids is 2. The van der Waals surface area contributed by atoms with Gasteiger partial charge in [0.15, 0.2) is 5.78 Å². The van der Waals surface area contributed by atoms with Crippen LogP contribution in [-0.2, 0) is 4.79 Å². The maximum absolute atomic E-state index is 12.0. The molecule has 0 saturated carbocycles. The van der Waals surface area contributed by atoms with Crippen molar-refractivity contribution in [3.8, 4) is 0 Å². The SMILES string of the molecule is CC(=O)/C=C(/NNC(=O)c1ccccc1)c1cccc(Br)c1. The van der Waals surface area contributed by atoms with E-state index in [4.69, 9.17) is 0 Å². The van der Waals surface area contributed by atoms with E-state index in [2.05, 4.69) is 26.8 Å². The van der Waals surface area contributed by atoms with Gasteiger partial charge >= 0.3 is 0 Å². The predicted molar refractivity (Wildman–Crippen MR) is 89.8 cm³/mol. The molecule has 22 heavy (non-hydrogen) atoms. The Labute approximate surface area is 137 Å². The van der Waals surface area contributed by atoms with Crippen LogP contribution in [-0.4, -0.2) is 11.7 Å². The van der Waals surface area contributed by atoms with Crippen molar-refractivity contribution >= 4 is 33.3 Å². The Morgan fingerprint density at radius 3 is 2.27 bits per heavy atom. The smallest absolute Gasteiger partial charge is 0.269 e. The lowest BCUT2D eigenvalue weighted by atomic mass is 10.1. The lowest BCUT2D eigenvalue weighted by molar-refractivity contribution is -0.112. The van der Waals surface area contributed by atoms with Gasteiger partial charge in [-0.25, -0.2) is 0 Å². The summed E-state index contributed by atoms with van der Waals surface area (Å²) in [5.41, 5.74) is 7.26. The normalized spacial score (nSPS) is 10.9. The second kappa shape index (κ2) is 7.56. The van der Waals surface area contributed by atoms with Crippen LogP contribution in [0, 0.1) is 0 Å². The summed E-state index contributed by atoms with van der Waals surface area (Å²) in [5.74, 6) is -0.388. The lowest BCUT2D eigenvalue weighted by Crippen LogP contribution is -2.36. The van der Waals surface area contributed by atoms with Gasteiger partial charge in [0.1, 0.15) is 0 Å². The third kappa shape index (κ3) is 4.56. The van der Waals surface area contributed by atoms with E-state index >= 15 is 0 Å². The molecular formula is C17H15BrN2O2. The zero-order chi connectivity index (χ0) is 15.9. The van der Waals surface area contributed by atoms with Crippen LogP contribution < -0.4 is 10.9 Å². The molecule has 2 aromatic rings. The van der Waals surface area contributed by atoms with E-state index < -0.39 is 0 Å². The molecule has 0 saturated heterocycles. The van der Waals surface area contributed by atoms with Gasteiger partial charge in [-0.3, -0.25) is 20.4 Å². The van der Waals surface area contributed by atoms with Crippen LogP contribution in [0.4, 0.5) is 0 Å². The monoisotopic (exact) mass is 358 g/mol. The molecule has 0 bridgehead atoms. The van der Waals surface area contributed by atoms with Gasteiger partial charge in [-0.2, -0.15) is 0 Å². The molecule has 2 rings (SSSR count). The molecule has 2 aromatic carbocycles. The van der Waals surface area contributed by atoms with E-state index in [0.717, 1.165) is 10.0 Å². The standard InChI is InChI=1S/C17H15BrN2O2/c1-12(21)10-16(14-8-5-9-15(18)11-14)19-20-17(22)13-6-3-2-4-7-13/h2-11,19H,1H3,(H,20,22)/b16-10+. The fourth-order valence-electron chi connectivity index (χ4n) is 1.84. The molecule has 0 radical (unpaired) electrons. The molecule has 0 aromatic heterocycles. The molecule has 4 nitrogen and oxygen atoms in total. The van der Waals surface area contributed by atoms with Crippen molar-refractivity contribution in [2.45, 2.75) is 6.92 Å². The van der Waals surface area contributed by atoms with E-state index in [1.165, 1.54) is 13.0 Å². The van der Waals surface area contributed by atoms with Gasteiger partial charge in [0, 0.05) is 21.7 Å². The number of allylic oxidation sites excluding steroid dienone is 1. The van der Waals surface area contributed by atoms with Crippen molar-refractivity contribution in [1.82, 2.24) is 10.9 Å². The van der Waals surface area contributed by atoms with Crippen LogP contribution >= 0.6 is 15.9 Å². The van der Waals surface area contributed by atoms with Crippen LogP contribution in [0.25, 0.3) is 5.70 Å². The van der Waals surface area contributed by atoms with Gasteiger partial charge in [0.2, 0.25) is 0 Å². The van der Waals surface area contributed by atoms with Gasteiger partial charge in [-0.15, -0.1) is 0 Å². The second-order valence-corrected chi connectivity index (χ2v) is 5.54. The number of benzene rings is 2. The third-order valence-electron chi connectivity index (χ3n) is 2.83. The first-order chi connectivity index (χ1) is 10.6. The van der Waals surface area contributed by atoms with Crippen molar-refractivity contribution in [3.63, 3.8) is 0 Å². The first-order valence-electron chi connectivity index (χ1n) is 6.66. The summed E-state index contributed by atoms with van der Waals surface area (Å²) in [6.45, 7) is 1.46. The largest absolute Gasteiger partial charge is 0.298 e. The van der Waals surface area contributed by atoms with E-state index in [1.807, 2.05) is 30.3 Å². The van der Waals surface area contributed by atoms with Gasteiger partial charge in [-0.05, 0) is 31.2 Å². The number of nitrogens with one attached hydrogen (secondary N) is 2. The van der Waals surface area contributed by atoms with Crippen LogP contribution in [0.3, 0.4) is 0 Å². The molecule has 0 fully saturated rings. The molecule has 1 amide bonds. The average molecular weight is 359 g/mol. The Hall–Kier alpha value is -2.40. The lowest BCUT2D eigenvalue weighted by Gasteiger charge is -2.13. The number of rotatable bonds is 5. The van der Waals surface area contributed by atoms with E-state index in [-0.39, 0.29) is 11.7 Å². The molecule has 0 spiro atoms. The Kier molecular flexibility index (Phi) is 5.49.